The Kier molecular flexibility index (Phi) is 5.93. The van der Waals surface area contributed by atoms with Crippen molar-refractivity contribution in [3.8, 4) is 0 Å². The molecule has 140 valence electrons. The van der Waals surface area contributed by atoms with Crippen molar-refractivity contribution in [1.82, 2.24) is 15.2 Å². The molecule has 0 spiro atoms. The molecule has 6 nitrogen and oxygen atoms in total. The lowest BCUT2D eigenvalue weighted by Crippen LogP contribution is -2.42. The van der Waals surface area contributed by atoms with Crippen LogP contribution in [0.15, 0.2) is 35.3 Å². The standard InChI is InChI=1S/C20H30N6/c1-4-26-11-7-8-16(26)14-23-20(21)22-13-15-12-19(25(2)3)24-18-10-6-5-9-17(15)18/h5-6,9-10,12,16H,4,7-8,11,13-14H2,1-3H3,(H3,21,22,23). The van der Waals surface area contributed by atoms with Crippen LogP contribution in [-0.4, -0.2) is 55.6 Å². The molecule has 1 fully saturated rings. The number of rotatable bonds is 6. The lowest BCUT2D eigenvalue weighted by atomic mass is 10.1. The van der Waals surface area contributed by atoms with Gasteiger partial charge in [0.25, 0.3) is 0 Å². The maximum Gasteiger partial charge on any atom is 0.188 e. The third-order valence-electron chi connectivity index (χ3n) is 5.09. The molecule has 26 heavy (non-hydrogen) atoms. The third kappa shape index (κ3) is 4.25. The van der Waals surface area contributed by atoms with Gasteiger partial charge in [0.15, 0.2) is 5.96 Å². The number of anilines is 1. The van der Waals surface area contributed by atoms with Crippen molar-refractivity contribution < 1.29 is 0 Å². The van der Waals surface area contributed by atoms with Gasteiger partial charge in [-0.25, -0.2) is 9.98 Å². The number of para-hydroxylation sites is 1. The van der Waals surface area contributed by atoms with Gasteiger partial charge >= 0.3 is 0 Å². The molecular formula is C20H30N6. The van der Waals surface area contributed by atoms with Gasteiger partial charge in [-0.15, -0.1) is 0 Å². The highest BCUT2D eigenvalue weighted by molar-refractivity contribution is 5.84. The zero-order chi connectivity index (χ0) is 18.5. The van der Waals surface area contributed by atoms with E-state index in [0.717, 1.165) is 35.4 Å². The summed E-state index contributed by atoms with van der Waals surface area (Å²) in [6.07, 6.45) is 2.50. The van der Waals surface area contributed by atoms with Crippen molar-refractivity contribution in [1.29, 1.82) is 0 Å². The Bertz CT molecular complexity index is 770. The Balaban J connectivity index is 1.70. The first-order valence-electron chi connectivity index (χ1n) is 9.42. The number of nitrogens with two attached hydrogens (primary N) is 1. The van der Waals surface area contributed by atoms with E-state index in [9.17, 15) is 0 Å². The number of fused-ring (bicyclic) bond motifs is 1. The molecular weight excluding hydrogens is 324 g/mol. The van der Waals surface area contributed by atoms with Crippen LogP contribution in [0.2, 0.25) is 0 Å². The summed E-state index contributed by atoms with van der Waals surface area (Å²) in [6.45, 7) is 5.91. The zero-order valence-electron chi connectivity index (χ0n) is 16.1. The van der Waals surface area contributed by atoms with Crippen LogP contribution >= 0.6 is 0 Å². The Morgan fingerprint density at radius 1 is 1.38 bits per heavy atom. The third-order valence-corrected chi connectivity index (χ3v) is 5.09. The second kappa shape index (κ2) is 8.36. The molecule has 0 amide bonds. The number of likely N-dealkylation sites (N-methyl/N-ethyl adjacent to an activating group) is 1. The van der Waals surface area contributed by atoms with Crippen LogP contribution in [0.3, 0.4) is 0 Å². The second-order valence-electron chi connectivity index (χ2n) is 7.06. The number of benzene rings is 1. The number of aliphatic imine (C=N–C) groups is 1. The molecule has 1 saturated heterocycles. The maximum atomic E-state index is 6.12. The molecule has 0 aliphatic carbocycles. The van der Waals surface area contributed by atoms with Gasteiger partial charge in [0.1, 0.15) is 5.82 Å². The fourth-order valence-corrected chi connectivity index (χ4v) is 3.58. The number of nitrogens with zero attached hydrogens (tertiary/aromatic N) is 4. The molecule has 3 rings (SSSR count). The molecule has 1 aliphatic heterocycles. The summed E-state index contributed by atoms with van der Waals surface area (Å²) in [6, 6.07) is 10.8. The zero-order valence-corrected chi connectivity index (χ0v) is 16.1. The normalized spacial score (nSPS) is 18.4. The number of pyridine rings is 1. The Labute approximate surface area is 156 Å². The van der Waals surface area contributed by atoms with Crippen LogP contribution in [0.1, 0.15) is 25.3 Å². The maximum absolute atomic E-state index is 6.12. The molecule has 3 N–H and O–H groups in total. The minimum atomic E-state index is 0.514. The van der Waals surface area contributed by atoms with E-state index in [2.05, 4.69) is 34.3 Å². The average Bonchev–Trinajstić information content (AvgIpc) is 3.11. The van der Waals surface area contributed by atoms with Crippen LogP contribution in [-0.2, 0) is 6.54 Å². The van der Waals surface area contributed by atoms with Gasteiger partial charge in [0.05, 0.1) is 12.1 Å². The Hall–Kier alpha value is -2.34. The molecule has 1 unspecified atom stereocenters. The molecule has 1 aromatic heterocycles. The van der Waals surface area contributed by atoms with Crippen LogP contribution in [0, 0.1) is 0 Å². The van der Waals surface area contributed by atoms with Crippen molar-refractivity contribution in [2.45, 2.75) is 32.4 Å². The summed E-state index contributed by atoms with van der Waals surface area (Å²) in [7, 11) is 4.00. The van der Waals surface area contributed by atoms with Crippen LogP contribution in [0.25, 0.3) is 10.9 Å². The van der Waals surface area contributed by atoms with E-state index in [1.807, 2.05) is 37.2 Å². The summed E-state index contributed by atoms with van der Waals surface area (Å²) < 4.78 is 0. The number of nitrogens with one attached hydrogen (secondary N) is 1. The van der Waals surface area contributed by atoms with Gasteiger partial charge in [0.2, 0.25) is 0 Å². The second-order valence-corrected chi connectivity index (χ2v) is 7.06. The highest BCUT2D eigenvalue weighted by atomic mass is 15.2. The monoisotopic (exact) mass is 354 g/mol. The summed E-state index contributed by atoms with van der Waals surface area (Å²) in [5, 5.41) is 4.43. The molecule has 6 heteroatoms. The van der Waals surface area contributed by atoms with Crippen molar-refractivity contribution in [2.75, 3.05) is 38.6 Å². The minimum absolute atomic E-state index is 0.514. The topological polar surface area (TPSA) is 69.8 Å². The summed E-state index contributed by atoms with van der Waals surface area (Å²) in [4.78, 5) is 13.8. The van der Waals surface area contributed by atoms with Crippen LogP contribution in [0.5, 0.6) is 0 Å². The van der Waals surface area contributed by atoms with Crippen LogP contribution < -0.4 is 16.0 Å². The smallest absolute Gasteiger partial charge is 0.188 e. The molecule has 1 atom stereocenters. The SMILES string of the molecule is CCN1CCCC1CNC(N)=NCc1cc(N(C)C)nc2ccccc12. The molecule has 2 aromatic rings. The largest absolute Gasteiger partial charge is 0.370 e. The number of likely N-dealkylation sites (tertiary alicyclic amines) is 1. The molecule has 1 aromatic carbocycles. The number of guanidine groups is 1. The van der Waals surface area contributed by atoms with E-state index in [1.165, 1.54) is 19.4 Å². The fraction of sp³-hybridized carbons (Fsp3) is 0.500. The molecule has 0 saturated carbocycles. The lowest BCUT2D eigenvalue weighted by molar-refractivity contribution is 0.267. The summed E-state index contributed by atoms with van der Waals surface area (Å²) >= 11 is 0. The van der Waals surface area contributed by atoms with E-state index in [1.54, 1.807) is 0 Å². The number of aromatic nitrogens is 1. The molecule has 2 heterocycles. The van der Waals surface area contributed by atoms with Gasteiger partial charge in [-0.2, -0.15) is 0 Å². The first-order chi connectivity index (χ1) is 12.6. The van der Waals surface area contributed by atoms with Gasteiger partial charge in [0, 0.05) is 32.1 Å². The predicted molar refractivity (Wildman–Crippen MR) is 110 cm³/mol. The highest BCUT2D eigenvalue weighted by Crippen LogP contribution is 2.22. The van der Waals surface area contributed by atoms with Gasteiger partial charge in [-0.1, -0.05) is 25.1 Å². The number of hydrogen-bond acceptors (Lipinski definition) is 4. The van der Waals surface area contributed by atoms with Crippen molar-refractivity contribution >= 4 is 22.7 Å². The number of hydrogen-bond donors (Lipinski definition) is 2. The van der Waals surface area contributed by atoms with E-state index in [0.29, 0.717) is 18.5 Å². The van der Waals surface area contributed by atoms with E-state index >= 15 is 0 Å². The highest BCUT2D eigenvalue weighted by Gasteiger charge is 2.22. The average molecular weight is 355 g/mol. The van der Waals surface area contributed by atoms with Crippen molar-refractivity contribution in [3.63, 3.8) is 0 Å². The van der Waals surface area contributed by atoms with Crippen LogP contribution in [0.4, 0.5) is 5.82 Å². The molecule has 0 radical (unpaired) electrons. The Morgan fingerprint density at radius 3 is 2.96 bits per heavy atom. The summed E-state index contributed by atoms with van der Waals surface area (Å²) in [5.74, 6) is 1.45. The molecule has 1 aliphatic rings. The van der Waals surface area contributed by atoms with E-state index in [-0.39, 0.29) is 0 Å². The fourth-order valence-electron chi connectivity index (χ4n) is 3.58. The Morgan fingerprint density at radius 2 is 2.19 bits per heavy atom. The lowest BCUT2D eigenvalue weighted by Gasteiger charge is -2.23. The van der Waals surface area contributed by atoms with Crippen molar-refractivity contribution in [3.05, 3.63) is 35.9 Å². The quantitative estimate of drug-likeness (QED) is 0.615. The van der Waals surface area contributed by atoms with Crippen molar-refractivity contribution in [2.24, 2.45) is 10.7 Å². The van der Waals surface area contributed by atoms with Gasteiger partial charge < -0.3 is 16.0 Å². The first kappa shape index (κ1) is 18.5. The minimum Gasteiger partial charge on any atom is -0.370 e. The van der Waals surface area contributed by atoms with Gasteiger partial charge in [-0.3, -0.25) is 4.90 Å². The summed E-state index contributed by atoms with van der Waals surface area (Å²) in [5.41, 5.74) is 8.25. The predicted octanol–water partition coefficient (Wildman–Crippen LogP) is 2.19. The molecule has 0 bridgehead atoms. The van der Waals surface area contributed by atoms with Gasteiger partial charge in [-0.05, 0) is 43.6 Å². The van der Waals surface area contributed by atoms with E-state index < -0.39 is 0 Å². The first-order valence-corrected chi connectivity index (χ1v) is 9.42. The van der Waals surface area contributed by atoms with E-state index in [4.69, 9.17) is 10.7 Å².